The van der Waals surface area contributed by atoms with Crippen molar-refractivity contribution >= 4 is 16.6 Å². The van der Waals surface area contributed by atoms with E-state index in [9.17, 15) is 4.79 Å². The number of nitrogens with one attached hydrogen (secondary N) is 2. The van der Waals surface area contributed by atoms with Gasteiger partial charge in [-0.3, -0.25) is 4.79 Å². The van der Waals surface area contributed by atoms with Crippen molar-refractivity contribution in [3.8, 4) is 0 Å². The van der Waals surface area contributed by atoms with E-state index < -0.39 is 0 Å². The Morgan fingerprint density at radius 3 is 2.88 bits per heavy atom. The quantitative estimate of drug-likeness (QED) is 0.686. The molecule has 0 unspecified atom stereocenters. The monoisotopic (exact) mass is 231 g/mol. The van der Waals surface area contributed by atoms with Crippen molar-refractivity contribution in [2.24, 2.45) is 5.73 Å². The van der Waals surface area contributed by atoms with Crippen molar-refractivity contribution in [3.05, 3.63) is 40.7 Å². The molecule has 0 saturated heterocycles. The number of unbranched alkanes of at least 4 members (excludes halogenated alkanes) is 1. The number of pyridine rings is 1. The Morgan fingerprint density at radius 2 is 2.06 bits per heavy atom. The van der Waals surface area contributed by atoms with Crippen molar-refractivity contribution in [3.63, 3.8) is 0 Å². The van der Waals surface area contributed by atoms with Crippen molar-refractivity contribution in [1.82, 2.24) is 4.98 Å². The van der Waals surface area contributed by atoms with E-state index in [-0.39, 0.29) is 5.56 Å². The zero-order valence-corrected chi connectivity index (χ0v) is 9.70. The topological polar surface area (TPSA) is 70.9 Å². The first-order valence-corrected chi connectivity index (χ1v) is 5.87. The third-order valence-electron chi connectivity index (χ3n) is 2.70. The molecule has 0 spiro atoms. The summed E-state index contributed by atoms with van der Waals surface area (Å²) in [6.07, 6.45) is 2.00. The maximum Gasteiger partial charge on any atom is 0.257 e. The van der Waals surface area contributed by atoms with E-state index in [2.05, 4.69) is 10.3 Å². The number of nitrogens with two attached hydrogens (primary N) is 1. The van der Waals surface area contributed by atoms with Gasteiger partial charge in [-0.05, 0) is 36.9 Å². The van der Waals surface area contributed by atoms with Gasteiger partial charge < -0.3 is 16.0 Å². The van der Waals surface area contributed by atoms with Gasteiger partial charge in [0, 0.05) is 11.9 Å². The summed E-state index contributed by atoms with van der Waals surface area (Å²) in [5, 5.41) is 4.88. The van der Waals surface area contributed by atoms with Crippen molar-refractivity contribution in [2.75, 3.05) is 18.4 Å². The van der Waals surface area contributed by atoms with Crippen LogP contribution in [0.25, 0.3) is 10.8 Å². The first kappa shape index (κ1) is 11.7. The molecular weight excluding hydrogens is 214 g/mol. The number of aromatic amines is 1. The number of anilines is 1. The van der Waals surface area contributed by atoms with Gasteiger partial charge >= 0.3 is 0 Å². The summed E-state index contributed by atoms with van der Waals surface area (Å²) in [5.41, 5.74) is 5.37. The van der Waals surface area contributed by atoms with Crippen LogP contribution in [0.15, 0.2) is 35.1 Å². The average Bonchev–Trinajstić information content (AvgIpc) is 2.35. The molecule has 90 valence electrons. The van der Waals surface area contributed by atoms with Gasteiger partial charge in [-0.2, -0.15) is 0 Å². The highest BCUT2D eigenvalue weighted by Crippen LogP contribution is 2.12. The molecule has 0 radical (unpaired) electrons. The lowest BCUT2D eigenvalue weighted by Crippen LogP contribution is -2.12. The van der Waals surface area contributed by atoms with E-state index in [0.29, 0.717) is 6.54 Å². The molecule has 0 amide bonds. The number of fused-ring (bicyclic) bond motifs is 1. The van der Waals surface area contributed by atoms with E-state index in [1.165, 1.54) is 0 Å². The van der Waals surface area contributed by atoms with Gasteiger partial charge in [-0.25, -0.2) is 0 Å². The van der Waals surface area contributed by atoms with Crippen LogP contribution in [0.1, 0.15) is 12.8 Å². The molecule has 0 aliphatic rings. The van der Waals surface area contributed by atoms with Gasteiger partial charge in [0.1, 0.15) is 5.82 Å². The zero-order valence-electron chi connectivity index (χ0n) is 9.70. The van der Waals surface area contributed by atoms with Gasteiger partial charge in [-0.15, -0.1) is 0 Å². The Hall–Kier alpha value is -1.81. The molecule has 0 aliphatic heterocycles. The smallest absolute Gasteiger partial charge is 0.257 e. The SMILES string of the molecule is NCCCCNc1cc2ccccc2c(=O)[nH]1. The number of rotatable bonds is 5. The predicted octanol–water partition coefficient (Wildman–Crippen LogP) is 1.68. The van der Waals surface area contributed by atoms with Crippen LogP contribution in [0, 0.1) is 0 Å². The fraction of sp³-hybridized carbons (Fsp3) is 0.308. The van der Waals surface area contributed by atoms with Crippen LogP contribution < -0.4 is 16.6 Å². The molecule has 0 saturated carbocycles. The normalized spacial score (nSPS) is 10.6. The lowest BCUT2D eigenvalue weighted by molar-refractivity contribution is 0.772. The van der Waals surface area contributed by atoms with Gasteiger partial charge in [0.25, 0.3) is 5.56 Å². The summed E-state index contributed by atoms with van der Waals surface area (Å²) < 4.78 is 0. The highest BCUT2D eigenvalue weighted by atomic mass is 16.1. The first-order valence-electron chi connectivity index (χ1n) is 5.87. The predicted molar refractivity (Wildman–Crippen MR) is 71.3 cm³/mol. The molecule has 4 heteroatoms. The number of hydrogen-bond acceptors (Lipinski definition) is 3. The highest BCUT2D eigenvalue weighted by Gasteiger charge is 2.00. The first-order chi connectivity index (χ1) is 8.31. The van der Waals surface area contributed by atoms with Gasteiger partial charge in [0.2, 0.25) is 0 Å². The molecule has 17 heavy (non-hydrogen) atoms. The summed E-state index contributed by atoms with van der Waals surface area (Å²) in [6.45, 7) is 1.53. The minimum atomic E-state index is -0.0515. The van der Waals surface area contributed by atoms with E-state index in [0.717, 1.165) is 36.0 Å². The van der Waals surface area contributed by atoms with E-state index in [1.807, 2.05) is 30.3 Å². The van der Waals surface area contributed by atoms with E-state index in [4.69, 9.17) is 5.73 Å². The summed E-state index contributed by atoms with van der Waals surface area (Å²) in [4.78, 5) is 14.6. The van der Waals surface area contributed by atoms with Crippen LogP contribution in [0.2, 0.25) is 0 Å². The molecule has 2 aromatic rings. The van der Waals surface area contributed by atoms with Gasteiger partial charge in [0.15, 0.2) is 0 Å². The van der Waals surface area contributed by atoms with Crippen molar-refractivity contribution in [1.29, 1.82) is 0 Å². The Morgan fingerprint density at radius 1 is 1.24 bits per heavy atom. The number of benzene rings is 1. The summed E-state index contributed by atoms with van der Waals surface area (Å²) in [7, 11) is 0. The van der Waals surface area contributed by atoms with Crippen LogP contribution in [0.3, 0.4) is 0 Å². The van der Waals surface area contributed by atoms with E-state index >= 15 is 0 Å². The minimum absolute atomic E-state index is 0.0515. The Kier molecular flexibility index (Phi) is 3.77. The molecule has 4 nitrogen and oxygen atoms in total. The number of aromatic nitrogens is 1. The molecule has 4 N–H and O–H groups in total. The molecule has 1 aromatic carbocycles. The molecule has 2 rings (SSSR count). The fourth-order valence-corrected chi connectivity index (χ4v) is 1.80. The summed E-state index contributed by atoms with van der Waals surface area (Å²) >= 11 is 0. The van der Waals surface area contributed by atoms with Crippen LogP contribution in [-0.4, -0.2) is 18.1 Å². The molecule has 0 fully saturated rings. The minimum Gasteiger partial charge on any atom is -0.372 e. The standard InChI is InChI=1S/C13H17N3O/c14-7-3-4-8-15-12-9-10-5-1-2-6-11(10)13(17)16-12/h1-2,5-6,9H,3-4,7-8,14H2,(H2,15,16,17). The number of hydrogen-bond donors (Lipinski definition) is 3. The molecule has 0 aliphatic carbocycles. The van der Waals surface area contributed by atoms with Crippen molar-refractivity contribution in [2.45, 2.75) is 12.8 Å². The van der Waals surface area contributed by atoms with Gasteiger partial charge in [-0.1, -0.05) is 18.2 Å². The number of H-pyrrole nitrogens is 1. The molecule has 1 aromatic heterocycles. The maximum absolute atomic E-state index is 11.8. The van der Waals surface area contributed by atoms with E-state index in [1.54, 1.807) is 0 Å². The lowest BCUT2D eigenvalue weighted by atomic mass is 10.2. The Balaban J connectivity index is 2.16. The average molecular weight is 231 g/mol. The zero-order chi connectivity index (χ0) is 12.1. The molecule has 0 bridgehead atoms. The van der Waals surface area contributed by atoms with Crippen LogP contribution >= 0.6 is 0 Å². The second-order valence-corrected chi connectivity index (χ2v) is 4.02. The second kappa shape index (κ2) is 5.50. The third-order valence-corrected chi connectivity index (χ3v) is 2.70. The van der Waals surface area contributed by atoms with Crippen LogP contribution in [0.5, 0.6) is 0 Å². The molecular formula is C13H17N3O. The third kappa shape index (κ3) is 2.85. The lowest BCUT2D eigenvalue weighted by Gasteiger charge is -2.06. The van der Waals surface area contributed by atoms with Crippen LogP contribution in [0.4, 0.5) is 5.82 Å². The maximum atomic E-state index is 11.8. The van der Waals surface area contributed by atoms with Crippen LogP contribution in [-0.2, 0) is 0 Å². The Bertz CT molecular complexity index is 548. The summed E-state index contributed by atoms with van der Waals surface area (Å²) in [6, 6.07) is 9.52. The fourth-order valence-electron chi connectivity index (χ4n) is 1.80. The second-order valence-electron chi connectivity index (χ2n) is 4.02. The van der Waals surface area contributed by atoms with Gasteiger partial charge in [0.05, 0.1) is 0 Å². The summed E-state index contributed by atoms with van der Waals surface area (Å²) in [5.74, 6) is 0.769. The largest absolute Gasteiger partial charge is 0.372 e. The molecule has 0 atom stereocenters. The Labute approximate surface area is 99.8 Å². The van der Waals surface area contributed by atoms with Crippen molar-refractivity contribution < 1.29 is 0 Å². The highest BCUT2D eigenvalue weighted by molar-refractivity contribution is 5.83. The molecule has 1 heterocycles.